The zero-order valence-electron chi connectivity index (χ0n) is 13.2. The summed E-state index contributed by atoms with van der Waals surface area (Å²) in [6, 6.07) is 14.0. The number of ether oxygens (including phenoxy) is 1. The van der Waals surface area contributed by atoms with Crippen molar-refractivity contribution < 1.29 is 9.53 Å². The molecule has 0 aromatic heterocycles. The third kappa shape index (κ3) is 4.13. The van der Waals surface area contributed by atoms with Crippen LogP contribution in [0.25, 0.3) is 0 Å². The molecule has 124 valence electrons. The van der Waals surface area contributed by atoms with Crippen LogP contribution in [0.4, 0.5) is 0 Å². The minimum atomic E-state index is -0.405. The highest BCUT2D eigenvalue weighted by molar-refractivity contribution is 7.80. The van der Waals surface area contributed by atoms with Crippen molar-refractivity contribution >= 4 is 34.8 Å². The van der Waals surface area contributed by atoms with Gasteiger partial charge in [-0.1, -0.05) is 23.8 Å². The molecule has 0 amide bonds. The lowest BCUT2D eigenvalue weighted by Crippen LogP contribution is -2.34. The fourth-order valence-corrected chi connectivity index (χ4v) is 3.14. The van der Waals surface area contributed by atoms with Gasteiger partial charge in [0.25, 0.3) is 0 Å². The van der Waals surface area contributed by atoms with E-state index >= 15 is 0 Å². The quantitative estimate of drug-likeness (QED) is 0.450. The molecule has 0 unspecified atom stereocenters. The molecule has 2 aromatic rings. The van der Waals surface area contributed by atoms with E-state index in [1.54, 1.807) is 36.4 Å². The smallest absolute Gasteiger partial charge is 0.343 e. The normalized spacial score (nSPS) is 14.3. The first kappa shape index (κ1) is 16.9. The first-order valence-electron chi connectivity index (χ1n) is 8.00. The van der Waals surface area contributed by atoms with Gasteiger partial charge in [-0.15, -0.1) is 0 Å². The molecule has 0 atom stereocenters. The second kappa shape index (κ2) is 7.77. The number of piperidine rings is 1. The maximum absolute atomic E-state index is 12.1. The molecular weight excluding hydrogens is 342 g/mol. The Morgan fingerprint density at radius 1 is 0.917 bits per heavy atom. The van der Waals surface area contributed by atoms with Gasteiger partial charge >= 0.3 is 5.97 Å². The third-order valence-corrected chi connectivity index (χ3v) is 4.78. The van der Waals surface area contributed by atoms with Crippen molar-refractivity contribution in [1.82, 2.24) is 4.90 Å². The highest BCUT2D eigenvalue weighted by Gasteiger charge is 2.15. The van der Waals surface area contributed by atoms with Gasteiger partial charge in [-0.05, 0) is 67.8 Å². The number of halogens is 1. The molecule has 1 aliphatic rings. The Kier molecular flexibility index (Phi) is 5.48. The number of nitrogens with zero attached hydrogens (tertiary/aromatic N) is 1. The Morgan fingerprint density at radius 3 is 2.12 bits per heavy atom. The van der Waals surface area contributed by atoms with Crippen LogP contribution >= 0.6 is 23.8 Å². The number of thiocarbonyl (C=S) groups is 1. The van der Waals surface area contributed by atoms with Crippen LogP contribution in [0, 0.1) is 0 Å². The molecule has 0 spiro atoms. The Labute approximate surface area is 152 Å². The zero-order valence-corrected chi connectivity index (χ0v) is 14.8. The molecule has 0 N–H and O–H groups in total. The lowest BCUT2D eigenvalue weighted by Gasteiger charge is -2.29. The van der Waals surface area contributed by atoms with E-state index in [9.17, 15) is 4.79 Å². The molecule has 1 heterocycles. The number of rotatable bonds is 3. The fourth-order valence-electron chi connectivity index (χ4n) is 2.70. The Morgan fingerprint density at radius 2 is 1.50 bits per heavy atom. The van der Waals surface area contributed by atoms with E-state index in [1.165, 1.54) is 19.3 Å². The van der Waals surface area contributed by atoms with E-state index in [2.05, 4.69) is 4.90 Å². The number of esters is 1. The monoisotopic (exact) mass is 359 g/mol. The molecule has 0 bridgehead atoms. The molecular formula is C19H18ClNO2S. The van der Waals surface area contributed by atoms with E-state index in [-0.39, 0.29) is 0 Å². The first-order valence-corrected chi connectivity index (χ1v) is 8.79. The Hall–Kier alpha value is -1.91. The number of carbonyl (C=O) groups is 1. The highest BCUT2D eigenvalue weighted by Crippen LogP contribution is 2.19. The lowest BCUT2D eigenvalue weighted by atomic mass is 10.1. The summed E-state index contributed by atoms with van der Waals surface area (Å²) in [4.78, 5) is 15.2. The predicted octanol–water partition coefficient (Wildman–Crippen LogP) is 4.72. The minimum absolute atomic E-state index is 0.405. The molecule has 1 saturated heterocycles. The molecule has 1 fully saturated rings. The maximum Gasteiger partial charge on any atom is 0.343 e. The van der Waals surface area contributed by atoms with E-state index in [0.717, 1.165) is 23.6 Å². The second-order valence-corrected chi connectivity index (χ2v) is 6.60. The third-order valence-electron chi connectivity index (χ3n) is 4.04. The fraction of sp³-hybridized carbons (Fsp3) is 0.263. The molecule has 5 heteroatoms. The highest BCUT2D eigenvalue weighted by atomic mass is 35.5. The predicted molar refractivity (Wildman–Crippen MR) is 100.0 cm³/mol. The molecule has 3 rings (SSSR count). The van der Waals surface area contributed by atoms with Gasteiger partial charge in [0, 0.05) is 23.7 Å². The van der Waals surface area contributed by atoms with E-state index in [0.29, 0.717) is 16.3 Å². The van der Waals surface area contributed by atoms with Gasteiger partial charge < -0.3 is 9.64 Å². The molecule has 1 aliphatic heterocycles. The van der Waals surface area contributed by atoms with Gasteiger partial charge in [-0.3, -0.25) is 0 Å². The molecule has 0 saturated carbocycles. The Balaban J connectivity index is 1.64. The average molecular weight is 360 g/mol. The van der Waals surface area contributed by atoms with Crippen molar-refractivity contribution in [3.05, 3.63) is 64.7 Å². The van der Waals surface area contributed by atoms with E-state index < -0.39 is 5.97 Å². The van der Waals surface area contributed by atoms with Gasteiger partial charge in [0.2, 0.25) is 0 Å². The van der Waals surface area contributed by atoms with Crippen LogP contribution in [0.15, 0.2) is 48.5 Å². The summed E-state index contributed by atoms with van der Waals surface area (Å²) in [6.45, 7) is 2.04. The van der Waals surface area contributed by atoms with Gasteiger partial charge in [0.15, 0.2) is 0 Å². The van der Waals surface area contributed by atoms with Crippen molar-refractivity contribution in [2.24, 2.45) is 0 Å². The van der Waals surface area contributed by atoms with Crippen LogP contribution in [-0.4, -0.2) is 28.9 Å². The van der Waals surface area contributed by atoms with Crippen LogP contribution in [0.3, 0.4) is 0 Å². The maximum atomic E-state index is 12.1. The summed E-state index contributed by atoms with van der Waals surface area (Å²) in [5.74, 6) is 0.0955. The molecule has 0 aliphatic carbocycles. The van der Waals surface area contributed by atoms with Crippen LogP contribution in [0.2, 0.25) is 5.02 Å². The van der Waals surface area contributed by atoms with Crippen LogP contribution < -0.4 is 4.74 Å². The second-order valence-electron chi connectivity index (χ2n) is 5.77. The van der Waals surface area contributed by atoms with Crippen molar-refractivity contribution in [3.8, 4) is 5.75 Å². The number of hydrogen-bond donors (Lipinski definition) is 0. The van der Waals surface area contributed by atoms with Crippen molar-refractivity contribution in [1.29, 1.82) is 0 Å². The number of benzene rings is 2. The van der Waals surface area contributed by atoms with Crippen LogP contribution in [0.5, 0.6) is 5.75 Å². The first-order chi connectivity index (χ1) is 11.6. The SMILES string of the molecule is O=C(Oc1ccc(C(=S)N2CCCCC2)cc1)c1ccc(Cl)cc1. The summed E-state index contributed by atoms with van der Waals surface area (Å²) >= 11 is 11.4. The van der Waals surface area contributed by atoms with Gasteiger partial charge in [0.1, 0.15) is 10.7 Å². The summed E-state index contributed by atoms with van der Waals surface area (Å²) in [5, 5.41) is 0.585. The van der Waals surface area contributed by atoms with Gasteiger partial charge in [0.05, 0.1) is 5.56 Å². The van der Waals surface area contributed by atoms with Crippen molar-refractivity contribution in [3.63, 3.8) is 0 Å². The summed E-state index contributed by atoms with van der Waals surface area (Å²) in [5.41, 5.74) is 1.45. The van der Waals surface area contributed by atoms with E-state index in [1.807, 2.05) is 12.1 Å². The van der Waals surface area contributed by atoms with Gasteiger partial charge in [-0.25, -0.2) is 4.79 Å². The molecule has 24 heavy (non-hydrogen) atoms. The van der Waals surface area contributed by atoms with Gasteiger partial charge in [-0.2, -0.15) is 0 Å². The van der Waals surface area contributed by atoms with Crippen molar-refractivity contribution in [2.45, 2.75) is 19.3 Å². The zero-order chi connectivity index (χ0) is 16.9. The Bertz CT molecular complexity index is 722. The number of hydrogen-bond acceptors (Lipinski definition) is 3. The molecule has 2 aromatic carbocycles. The molecule has 3 nitrogen and oxygen atoms in total. The number of likely N-dealkylation sites (tertiary alicyclic amines) is 1. The largest absolute Gasteiger partial charge is 0.423 e. The topological polar surface area (TPSA) is 29.5 Å². The number of carbonyl (C=O) groups excluding carboxylic acids is 1. The minimum Gasteiger partial charge on any atom is -0.423 e. The van der Waals surface area contributed by atoms with E-state index in [4.69, 9.17) is 28.6 Å². The molecule has 0 radical (unpaired) electrons. The van der Waals surface area contributed by atoms with Crippen LogP contribution in [0.1, 0.15) is 35.2 Å². The van der Waals surface area contributed by atoms with Crippen LogP contribution in [-0.2, 0) is 0 Å². The summed E-state index contributed by atoms with van der Waals surface area (Å²) < 4.78 is 5.38. The summed E-state index contributed by atoms with van der Waals surface area (Å²) in [6.07, 6.45) is 3.66. The van der Waals surface area contributed by atoms with Crippen molar-refractivity contribution in [2.75, 3.05) is 13.1 Å². The average Bonchev–Trinajstić information content (AvgIpc) is 2.63. The lowest BCUT2D eigenvalue weighted by molar-refractivity contribution is 0.0735. The standard InChI is InChI=1S/C19H18ClNO2S/c20-16-8-4-15(5-9-16)19(22)23-17-10-6-14(7-11-17)18(24)21-12-2-1-3-13-21/h4-11H,1-3,12-13H2. The summed E-state index contributed by atoms with van der Waals surface area (Å²) in [7, 11) is 0.